The molecule has 0 heteroatoms. The predicted octanol–water partition coefficient (Wildman–Crippen LogP) is 2.43. The van der Waals surface area contributed by atoms with Crippen molar-refractivity contribution in [1.29, 1.82) is 0 Å². The van der Waals surface area contributed by atoms with Crippen molar-refractivity contribution < 1.29 is 0 Å². The maximum Gasteiger partial charge on any atom is -0.0130 e. The molecular formula is C8H10. The summed E-state index contributed by atoms with van der Waals surface area (Å²) in [6, 6.07) is 0. The molecular weight excluding hydrogens is 96.1 g/mol. The summed E-state index contributed by atoms with van der Waals surface area (Å²) in [7, 11) is 0. The fourth-order valence-corrected chi connectivity index (χ4v) is 1.51. The van der Waals surface area contributed by atoms with Gasteiger partial charge < -0.3 is 0 Å². The smallest absolute Gasteiger partial charge is 0.0130 e. The van der Waals surface area contributed by atoms with Crippen molar-refractivity contribution >= 4 is 0 Å². The van der Waals surface area contributed by atoms with E-state index in [-0.39, 0.29) is 0 Å². The van der Waals surface area contributed by atoms with Crippen molar-refractivity contribution in [3.8, 4) is 0 Å². The fraction of sp³-hybridized carbons (Fsp3) is 0.500. The van der Waals surface area contributed by atoms with Crippen molar-refractivity contribution in [2.75, 3.05) is 0 Å². The largest absolute Gasteiger partial charge is 0.0772 e. The highest BCUT2D eigenvalue weighted by molar-refractivity contribution is 5.35. The van der Waals surface area contributed by atoms with Crippen LogP contribution in [0.15, 0.2) is 23.3 Å². The number of fused-ring (bicyclic) bond motifs is 1. The third-order valence-electron chi connectivity index (χ3n) is 1.98. The minimum Gasteiger partial charge on any atom is -0.0772 e. The van der Waals surface area contributed by atoms with Crippen LogP contribution in [0.25, 0.3) is 0 Å². The predicted molar refractivity (Wildman–Crippen MR) is 34.6 cm³/mol. The van der Waals surface area contributed by atoms with E-state index < -0.39 is 0 Å². The highest BCUT2D eigenvalue weighted by Gasteiger charge is 2.10. The van der Waals surface area contributed by atoms with Crippen LogP contribution in [0.5, 0.6) is 0 Å². The van der Waals surface area contributed by atoms with Crippen LogP contribution < -0.4 is 0 Å². The Morgan fingerprint density at radius 2 is 2.25 bits per heavy atom. The zero-order chi connectivity index (χ0) is 5.40. The van der Waals surface area contributed by atoms with Gasteiger partial charge in [-0.15, -0.1) is 0 Å². The molecule has 8 heavy (non-hydrogen) atoms. The molecule has 42 valence electrons. The molecule has 0 spiro atoms. The molecule has 0 amide bonds. The molecule has 2 aliphatic carbocycles. The molecule has 0 atom stereocenters. The molecule has 0 N–H and O–H groups in total. The Labute approximate surface area is 49.9 Å². The summed E-state index contributed by atoms with van der Waals surface area (Å²) in [5.41, 5.74) is 3.25. The van der Waals surface area contributed by atoms with E-state index in [4.69, 9.17) is 0 Å². The normalized spacial score (nSPS) is 25.0. The van der Waals surface area contributed by atoms with E-state index in [1.165, 1.54) is 25.7 Å². The van der Waals surface area contributed by atoms with E-state index in [0.717, 1.165) is 0 Å². The third-order valence-corrected chi connectivity index (χ3v) is 1.98. The van der Waals surface area contributed by atoms with E-state index in [2.05, 4.69) is 12.2 Å². The molecule has 0 saturated carbocycles. The van der Waals surface area contributed by atoms with Crippen molar-refractivity contribution in [3.63, 3.8) is 0 Å². The molecule has 0 fully saturated rings. The van der Waals surface area contributed by atoms with E-state index >= 15 is 0 Å². The minimum absolute atomic E-state index is 1.26. The maximum atomic E-state index is 2.36. The second kappa shape index (κ2) is 1.48. The third kappa shape index (κ3) is 0.525. The highest BCUT2D eigenvalue weighted by atomic mass is 14.2. The second-order valence-electron chi connectivity index (χ2n) is 2.64. The summed E-state index contributed by atoms with van der Waals surface area (Å²) in [5, 5.41) is 0. The summed E-state index contributed by atoms with van der Waals surface area (Å²) in [6.07, 6.45) is 10.1. The van der Waals surface area contributed by atoms with Gasteiger partial charge in [-0.05, 0) is 25.7 Å². The maximum absolute atomic E-state index is 2.36. The first-order chi connectivity index (χ1) is 3.95. The zero-order valence-corrected chi connectivity index (χ0v) is 4.98. The first kappa shape index (κ1) is 4.37. The van der Waals surface area contributed by atoms with Gasteiger partial charge >= 0.3 is 0 Å². The van der Waals surface area contributed by atoms with E-state index in [1.807, 2.05) is 0 Å². The van der Waals surface area contributed by atoms with Crippen molar-refractivity contribution in [2.24, 2.45) is 0 Å². The van der Waals surface area contributed by atoms with Crippen LogP contribution in [0.4, 0.5) is 0 Å². The Hall–Kier alpha value is -0.520. The molecule has 0 aromatic heterocycles. The Morgan fingerprint density at radius 1 is 1.25 bits per heavy atom. The molecule has 2 rings (SSSR count). The lowest BCUT2D eigenvalue weighted by atomic mass is 10.0. The molecule has 0 aromatic carbocycles. The van der Waals surface area contributed by atoms with Crippen LogP contribution in [0.1, 0.15) is 25.7 Å². The van der Waals surface area contributed by atoms with Gasteiger partial charge in [0.15, 0.2) is 0 Å². The van der Waals surface area contributed by atoms with Gasteiger partial charge in [-0.1, -0.05) is 23.3 Å². The van der Waals surface area contributed by atoms with Gasteiger partial charge in [0.1, 0.15) is 0 Å². The first-order valence-corrected chi connectivity index (χ1v) is 3.33. The molecule has 2 aliphatic rings. The molecule has 0 aromatic rings. The summed E-state index contributed by atoms with van der Waals surface area (Å²) in [6.45, 7) is 0. The van der Waals surface area contributed by atoms with Gasteiger partial charge in [0, 0.05) is 0 Å². The Morgan fingerprint density at radius 3 is 3.00 bits per heavy atom. The van der Waals surface area contributed by atoms with Crippen molar-refractivity contribution in [3.05, 3.63) is 23.3 Å². The van der Waals surface area contributed by atoms with E-state index in [0.29, 0.717) is 0 Å². The molecule has 2 bridgehead atoms. The van der Waals surface area contributed by atoms with Crippen molar-refractivity contribution in [1.82, 2.24) is 0 Å². The van der Waals surface area contributed by atoms with Crippen molar-refractivity contribution in [2.45, 2.75) is 25.7 Å². The second-order valence-corrected chi connectivity index (χ2v) is 2.64. The van der Waals surface area contributed by atoms with Crippen LogP contribution in [0.2, 0.25) is 0 Å². The summed E-state index contributed by atoms with van der Waals surface area (Å²) in [5.74, 6) is 0. The van der Waals surface area contributed by atoms with Crippen LogP contribution in [0.3, 0.4) is 0 Å². The average molecular weight is 106 g/mol. The fourth-order valence-electron chi connectivity index (χ4n) is 1.51. The molecule has 0 radical (unpaired) electrons. The van der Waals surface area contributed by atoms with Crippen LogP contribution in [-0.2, 0) is 0 Å². The Bertz CT molecular complexity index is 161. The Balaban J connectivity index is 2.33. The van der Waals surface area contributed by atoms with Gasteiger partial charge in [-0.2, -0.15) is 0 Å². The lowest BCUT2D eigenvalue weighted by molar-refractivity contribution is 0.797. The van der Waals surface area contributed by atoms with Gasteiger partial charge in [0.2, 0.25) is 0 Å². The Kier molecular flexibility index (Phi) is 0.806. The topological polar surface area (TPSA) is 0 Å². The number of hydrogen-bond donors (Lipinski definition) is 0. The first-order valence-electron chi connectivity index (χ1n) is 3.33. The molecule has 0 unspecified atom stereocenters. The number of rotatable bonds is 0. The highest BCUT2D eigenvalue weighted by Crippen LogP contribution is 2.30. The quantitative estimate of drug-likeness (QED) is 0.445. The lowest BCUT2D eigenvalue weighted by Gasteiger charge is -2.04. The van der Waals surface area contributed by atoms with E-state index in [9.17, 15) is 0 Å². The van der Waals surface area contributed by atoms with Gasteiger partial charge in [-0.3, -0.25) is 0 Å². The summed E-state index contributed by atoms with van der Waals surface area (Å²) in [4.78, 5) is 0. The van der Waals surface area contributed by atoms with Gasteiger partial charge in [0.25, 0.3) is 0 Å². The molecule has 0 nitrogen and oxygen atoms in total. The van der Waals surface area contributed by atoms with Gasteiger partial charge in [-0.25, -0.2) is 0 Å². The standard InChI is InChI=1S/C8H10/c1-2-7-4-5-8(3-1)6-7/h4,6H,1-3,5H2. The van der Waals surface area contributed by atoms with Crippen LogP contribution >= 0.6 is 0 Å². The van der Waals surface area contributed by atoms with E-state index in [1.54, 1.807) is 11.1 Å². The number of hydrogen-bond acceptors (Lipinski definition) is 0. The van der Waals surface area contributed by atoms with Crippen LogP contribution in [-0.4, -0.2) is 0 Å². The minimum atomic E-state index is 1.26. The molecule has 0 saturated heterocycles. The van der Waals surface area contributed by atoms with Crippen LogP contribution in [0, 0.1) is 0 Å². The molecule has 0 heterocycles. The molecule has 0 aliphatic heterocycles. The summed E-state index contributed by atoms with van der Waals surface area (Å²) >= 11 is 0. The monoisotopic (exact) mass is 106 g/mol. The summed E-state index contributed by atoms with van der Waals surface area (Å²) < 4.78 is 0. The SMILES string of the molecule is C1=C2C=C(C1)CCC2. The zero-order valence-electron chi connectivity index (χ0n) is 4.98. The average Bonchev–Trinajstić information content (AvgIpc) is 2.12. The van der Waals surface area contributed by atoms with Gasteiger partial charge in [0.05, 0.1) is 0 Å². The number of allylic oxidation sites excluding steroid dienone is 4. The lowest BCUT2D eigenvalue weighted by Crippen LogP contribution is -1.85.